The monoisotopic (exact) mass is 540 g/mol. The molecule has 1 spiro atoms. The number of fused-ring (bicyclic) bond motifs is 2. The molecule has 8 nitrogen and oxygen atoms in total. The van der Waals surface area contributed by atoms with Crippen LogP contribution in [0.3, 0.4) is 0 Å². The number of benzene rings is 1. The fraction of sp³-hybridized carbons (Fsp3) is 0.562. The third-order valence-corrected chi connectivity index (χ3v) is 9.75. The topological polar surface area (TPSA) is 85.6 Å². The summed E-state index contributed by atoms with van der Waals surface area (Å²) in [6.07, 6.45) is 10.3. The quantitative estimate of drug-likeness (QED) is 0.516. The molecule has 1 amide bonds. The van der Waals surface area contributed by atoms with Crippen molar-refractivity contribution < 1.29 is 9.53 Å². The predicted molar refractivity (Wildman–Crippen MR) is 154 cm³/mol. The number of aryl methyl sites for hydroxylation is 1. The molecule has 3 atom stereocenters. The summed E-state index contributed by atoms with van der Waals surface area (Å²) in [5.41, 5.74) is 5.52. The van der Waals surface area contributed by atoms with Gasteiger partial charge in [-0.3, -0.25) is 4.79 Å². The molecule has 1 aromatic heterocycles. The van der Waals surface area contributed by atoms with Gasteiger partial charge in [-0.2, -0.15) is 15.2 Å². The molecule has 4 aliphatic rings. The first-order chi connectivity index (χ1) is 19.5. The highest BCUT2D eigenvalue weighted by Crippen LogP contribution is 2.46. The molecule has 2 saturated heterocycles. The molecule has 1 unspecified atom stereocenters. The van der Waals surface area contributed by atoms with Crippen molar-refractivity contribution in [2.75, 3.05) is 44.7 Å². The van der Waals surface area contributed by atoms with E-state index in [2.05, 4.69) is 53.8 Å². The lowest BCUT2D eigenvalue weighted by molar-refractivity contribution is -0.128. The third kappa shape index (κ3) is 5.19. The largest absolute Gasteiger partial charge is 0.462 e. The summed E-state index contributed by atoms with van der Waals surface area (Å²) >= 11 is 0. The number of carbonyl (C=O) groups excluding carboxylic acids is 1. The van der Waals surface area contributed by atoms with Crippen molar-refractivity contribution in [1.29, 1.82) is 5.26 Å². The van der Waals surface area contributed by atoms with Gasteiger partial charge in [0.1, 0.15) is 12.4 Å². The number of piperazine rings is 1. The fourth-order valence-electron chi connectivity index (χ4n) is 7.38. The van der Waals surface area contributed by atoms with Crippen LogP contribution in [0.2, 0.25) is 0 Å². The number of likely N-dealkylation sites (tertiary alicyclic amines) is 1. The minimum atomic E-state index is -0.198. The maximum absolute atomic E-state index is 12.5. The molecule has 0 saturated carbocycles. The molecule has 2 aromatic rings. The van der Waals surface area contributed by atoms with Gasteiger partial charge < -0.3 is 19.4 Å². The van der Waals surface area contributed by atoms with Gasteiger partial charge in [0.2, 0.25) is 5.91 Å². The maximum Gasteiger partial charge on any atom is 0.318 e. The number of anilines is 1. The van der Waals surface area contributed by atoms with E-state index in [0.29, 0.717) is 38.3 Å². The van der Waals surface area contributed by atoms with E-state index in [-0.39, 0.29) is 23.8 Å². The molecule has 0 bridgehead atoms. The van der Waals surface area contributed by atoms with Crippen LogP contribution < -0.4 is 9.64 Å². The molecule has 0 N–H and O–H groups in total. The van der Waals surface area contributed by atoms with E-state index < -0.39 is 0 Å². The average Bonchev–Trinajstić information content (AvgIpc) is 3.39. The first-order valence-electron chi connectivity index (χ1n) is 14.8. The number of nitrogens with zero attached hydrogens (tertiary/aromatic N) is 6. The molecule has 1 aromatic carbocycles. The van der Waals surface area contributed by atoms with Crippen LogP contribution in [0.4, 0.5) is 5.82 Å². The summed E-state index contributed by atoms with van der Waals surface area (Å²) in [6, 6.07) is 11.8. The lowest BCUT2D eigenvalue weighted by Crippen LogP contribution is -2.55. The Bertz CT molecular complexity index is 1320. The maximum atomic E-state index is 12.5. The van der Waals surface area contributed by atoms with Crippen LogP contribution in [-0.4, -0.2) is 77.6 Å². The number of likely N-dealkylation sites (N-methyl/N-ethyl adjacent to an activating group) is 1. The van der Waals surface area contributed by atoms with Crippen LogP contribution in [0.15, 0.2) is 36.9 Å². The standard InChI is InChI=1S/C32H40N6O2/c1-3-29(39)38-18-17-37(21-25(38)12-15-33)30-27-11-14-32(13-10-23-7-4-5-8-24(23)19-32)20-28(27)34-31(35-30)40-22-26-9-6-16-36(26)2/h3-5,7-8,25-26H,1,6,9-14,16-22H2,2H3/t25-,26-,32?/m0/s1. The van der Waals surface area contributed by atoms with Crippen molar-refractivity contribution in [3.05, 3.63) is 59.3 Å². The second-order valence-corrected chi connectivity index (χ2v) is 12.2. The average molecular weight is 541 g/mol. The zero-order valence-corrected chi connectivity index (χ0v) is 23.6. The molecule has 8 heteroatoms. The van der Waals surface area contributed by atoms with E-state index in [1.54, 1.807) is 4.90 Å². The summed E-state index contributed by atoms with van der Waals surface area (Å²) in [4.78, 5) is 29.0. The van der Waals surface area contributed by atoms with Crippen LogP contribution in [-0.2, 0) is 30.5 Å². The number of rotatable bonds is 6. The number of carbonyl (C=O) groups is 1. The van der Waals surface area contributed by atoms with E-state index in [1.165, 1.54) is 35.6 Å². The Labute approximate surface area is 237 Å². The van der Waals surface area contributed by atoms with E-state index in [1.807, 2.05) is 0 Å². The van der Waals surface area contributed by atoms with E-state index in [9.17, 15) is 10.1 Å². The number of amides is 1. The molecule has 0 radical (unpaired) electrons. The van der Waals surface area contributed by atoms with Crippen LogP contribution in [0.25, 0.3) is 0 Å². The van der Waals surface area contributed by atoms with E-state index in [0.717, 1.165) is 56.6 Å². The predicted octanol–water partition coefficient (Wildman–Crippen LogP) is 3.73. The number of ether oxygens (including phenoxy) is 1. The number of hydrogen-bond acceptors (Lipinski definition) is 7. The van der Waals surface area contributed by atoms with Gasteiger partial charge >= 0.3 is 6.01 Å². The minimum absolute atomic E-state index is 0.117. The van der Waals surface area contributed by atoms with Crippen molar-refractivity contribution >= 4 is 11.7 Å². The number of nitriles is 1. The van der Waals surface area contributed by atoms with Crippen molar-refractivity contribution in [2.24, 2.45) is 5.41 Å². The molecule has 40 heavy (non-hydrogen) atoms. The van der Waals surface area contributed by atoms with Gasteiger partial charge in [-0.25, -0.2) is 0 Å². The normalized spacial score (nSPS) is 26.2. The van der Waals surface area contributed by atoms with Gasteiger partial charge in [-0.15, -0.1) is 0 Å². The minimum Gasteiger partial charge on any atom is -0.462 e. The highest BCUT2D eigenvalue weighted by Gasteiger charge is 2.41. The summed E-state index contributed by atoms with van der Waals surface area (Å²) in [5, 5.41) is 9.51. The Morgan fingerprint density at radius 3 is 2.75 bits per heavy atom. The Balaban J connectivity index is 1.30. The fourth-order valence-corrected chi connectivity index (χ4v) is 7.38. The SMILES string of the molecule is C=CC(=O)N1CCN(c2nc(OC[C@@H]3CCCN3C)nc3c2CCC2(CCc4ccccc4C2)C3)C[C@@H]1CC#N. The van der Waals surface area contributed by atoms with Crippen molar-refractivity contribution in [3.8, 4) is 12.1 Å². The van der Waals surface area contributed by atoms with E-state index in [4.69, 9.17) is 14.7 Å². The summed E-state index contributed by atoms with van der Waals surface area (Å²) < 4.78 is 6.32. The molecular formula is C32H40N6O2. The Hall–Kier alpha value is -3.44. The number of hydrogen-bond donors (Lipinski definition) is 0. The second kappa shape index (κ2) is 11.2. The second-order valence-electron chi connectivity index (χ2n) is 12.2. The van der Waals surface area contributed by atoms with E-state index >= 15 is 0 Å². The van der Waals surface area contributed by atoms with Crippen LogP contribution in [0.5, 0.6) is 6.01 Å². The lowest BCUT2D eigenvalue weighted by Gasteiger charge is -2.44. The first-order valence-corrected chi connectivity index (χ1v) is 14.8. The molecule has 6 rings (SSSR count). The van der Waals surface area contributed by atoms with Crippen LogP contribution in [0.1, 0.15) is 54.5 Å². The molecule has 3 heterocycles. The Morgan fingerprint density at radius 2 is 1.98 bits per heavy atom. The number of aromatic nitrogens is 2. The molecule has 2 fully saturated rings. The van der Waals surface area contributed by atoms with Gasteiger partial charge in [0.15, 0.2) is 0 Å². The Kier molecular flexibility index (Phi) is 7.50. The molecule has 210 valence electrons. The van der Waals surface area contributed by atoms with Gasteiger partial charge in [-0.1, -0.05) is 30.8 Å². The van der Waals surface area contributed by atoms with Crippen LogP contribution in [0, 0.1) is 16.7 Å². The van der Waals surface area contributed by atoms with Gasteiger partial charge in [0.25, 0.3) is 0 Å². The molecule has 2 aliphatic carbocycles. The van der Waals surface area contributed by atoms with Crippen molar-refractivity contribution in [3.63, 3.8) is 0 Å². The Morgan fingerprint density at radius 1 is 1.15 bits per heavy atom. The van der Waals surface area contributed by atoms with Gasteiger partial charge in [-0.05, 0) is 87.6 Å². The highest BCUT2D eigenvalue weighted by molar-refractivity contribution is 5.87. The summed E-state index contributed by atoms with van der Waals surface area (Å²) in [5.74, 6) is 0.813. The van der Waals surface area contributed by atoms with Gasteiger partial charge in [0.05, 0.1) is 24.2 Å². The van der Waals surface area contributed by atoms with Crippen LogP contribution >= 0.6 is 0 Å². The third-order valence-electron chi connectivity index (χ3n) is 9.75. The molecular weight excluding hydrogens is 500 g/mol. The summed E-state index contributed by atoms with van der Waals surface area (Å²) in [7, 11) is 2.16. The molecule has 2 aliphatic heterocycles. The lowest BCUT2D eigenvalue weighted by atomic mass is 9.63. The zero-order chi connectivity index (χ0) is 27.7. The smallest absolute Gasteiger partial charge is 0.318 e. The summed E-state index contributed by atoms with van der Waals surface area (Å²) in [6.45, 7) is 7.12. The first kappa shape index (κ1) is 26.8. The zero-order valence-electron chi connectivity index (χ0n) is 23.6. The van der Waals surface area contributed by atoms with Crippen molar-refractivity contribution in [1.82, 2.24) is 19.8 Å². The highest BCUT2D eigenvalue weighted by atomic mass is 16.5. The van der Waals surface area contributed by atoms with Gasteiger partial charge in [0, 0.05) is 31.2 Å². The van der Waals surface area contributed by atoms with Crippen molar-refractivity contribution in [2.45, 2.75) is 69.9 Å².